The van der Waals surface area contributed by atoms with E-state index in [2.05, 4.69) is 0 Å². The largest absolute Gasteiger partial charge is 0.493 e. The van der Waals surface area contributed by atoms with Gasteiger partial charge in [-0.05, 0) is 30.3 Å². The summed E-state index contributed by atoms with van der Waals surface area (Å²) in [6.07, 6.45) is 0. The molecule has 162 valence electrons. The fraction of sp³-hybridized carbons (Fsp3) is 0.300. The molecule has 0 heterocycles. The Hall–Kier alpha value is -3.11. The Morgan fingerprint density at radius 3 is 2.00 bits per heavy atom. The first-order chi connectivity index (χ1) is 14.1. The molecule has 0 unspecified atom stereocenters. The number of carbonyl (C=O) groups is 2. The van der Waals surface area contributed by atoms with Crippen molar-refractivity contribution in [3.63, 3.8) is 0 Å². The average molecular weight is 437 g/mol. The Balaban J connectivity index is 2.18. The van der Waals surface area contributed by atoms with Crippen LogP contribution in [0, 0.1) is 0 Å². The fourth-order valence-electron chi connectivity index (χ4n) is 2.53. The van der Waals surface area contributed by atoms with Gasteiger partial charge >= 0.3 is 5.97 Å². The van der Waals surface area contributed by atoms with Crippen molar-refractivity contribution in [2.45, 2.75) is 4.90 Å². The van der Waals surface area contributed by atoms with E-state index in [0.717, 1.165) is 4.31 Å². The van der Waals surface area contributed by atoms with Crippen LogP contribution in [0.2, 0.25) is 0 Å². The van der Waals surface area contributed by atoms with Crippen molar-refractivity contribution in [2.24, 2.45) is 0 Å². The maximum absolute atomic E-state index is 12.5. The third-order valence-corrected chi connectivity index (χ3v) is 5.98. The van der Waals surface area contributed by atoms with Gasteiger partial charge in [0.1, 0.15) is 0 Å². The van der Waals surface area contributed by atoms with E-state index in [-0.39, 0.29) is 27.5 Å². The minimum absolute atomic E-state index is 0.00983. The van der Waals surface area contributed by atoms with Gasteiger partial charge in [-0.15, -0.1) is 0 Å². The molecule has 0 saturated carbocycles. The van der Waals surface area contributed by atoms with Crippen molar-refractivity contribution in [1.29, 1.82) is 0 Å². The zero-order valence-corrected chi connectivity index (χ0v) is 18.1. The van der Waals surface area contributed by atoms with E-state index >= 15 is 0 Å². The van der Waals surface area contributed by atoms with Gasteiger partial charge in [-0.1, -0.05) is 6.07 Å². The van der Waals surface area contributed by atoms with Gasteiger partial charge in [0, 0.05) is 19.7 Å². The second-order valence-electron chi connectivity index (χ2n) is 6.23. The Labute approximate surface area is 175 Å². The van der Waals surface area contributed by atoms with Crippen LogP contribution in [-0.2, 0) is 14.8 Å². The van der Waals surface area contributed by atoms with E-state index < -0.39 is 28.4 Å². The summed E-state index contributed by atoms with van der Waals surface area (Å²) >= 11 is 0. The number of Topliss-reactive ketones (excluding diaryl/α,β-unsaturated/α-hetero) is 1. The van der Waals surface area contributed by atoms with Crippen molar-refractivity contribution in [3.05, 3.63) is 47.5 Å². The molecule has 0 saturated heterocycles. The Morgan fingerprint density at radius 1 is 0.900 bits per heavy atom. The lowest BCUT2D eigenvalue weighted by molar-refractivity contribution is 0.0474. The van der Waals surface area contributed by atoms with Crippen LogP contribution in [0.15, 0.2) is 41.3 Å². The molecule has 0 atom stereocenters. The van der Waals surface area contributed by atoms with Crippen LogP contribution < -0.4 is 14.2 Å². The number of sulfonamides is 1. The number of hydrogen-bond donors (Lipinski definition) is 0. The monoisotopic (exact) mass is 437 g/mol. The summed E-state index contributed by atoms with van der Waals surface area (Å²) in [5.41, 5.74) is 0.205. The van der Waals surface area contributed by atoms with Crippen LogP contribution in [-0.4, -0.2) is 66.5 Å². The SMILES string of the molecule is COc1cc(C(=O)COC(=O)c2cccc(S(=O)(=O)N(C)C)c2)cc(OC)c1OC. The normalized spacial score (nSPS) is 11.1. The van der Waals surface area contributed by atoms with Crippen LogP contribution in [0.5, 0.6) is 17.2 Å². The lowest BCUT2D eigenvalue weighted by atomic mass is 10.1. The zero-order chi connectivity index (χ0) is 22.5. The summed E-state index contributed by atoms with van der Waals surface area (Å²) in [6.45, 7) is -0.553. The summed E-state index contributed by atoms with van der Waals surface area (Å²) in [4.78, 5) is 24.8. The van der Waals surface area contributed by atoms with Gasteiger partial charge in [-0.2, -0.15) is 0 Å². The van der Waals surface area contributed by atoms with E-state index in [1.165, 1.54) is 71.8 Å². The van der Waals surface area contributed by atoms with E-state index in [9.17, 15) is 18.0 Å². The Bertz CT molecular complexity index is 1020. The van der Waals surface area contributed by atoms with Crippen LogP contribution in [0.4, 0.5) is 0 Å². The second-order valence-corrected chi connectivity index (χ2v) is 8.38. The van der Waals surface area contributed by atoms with Crippen molar-refractivity contribution in [3.8, 4) is 17.2 Å². The molecule has 0 aliphatic heterocycles. The summed E-state index contributed by atoms with van der Waals surface area (Å²) in [6, 6.07) is 8.29. The number of esters is 1. The third kappa shape index (κ3) is 4.89. The molecule has 0 aliphatic rings. The van der Waals surface area contributed by atoms with Gasteiger partial charge in [-0.3, -0.25) is 4.79 Å². The molecule has 9 nitrogen and oxygen atoms in total. The number of carbonyl (C=O) groups excluding carboxylic acids is 2. The highest BCUT2D eigenvalue weighted by atomic mass is 32.2. The second kappa shape index (κ2) is 9.59. The lowest BCUT2D eigenvalue weighted by Crippen LogP contribution is -2.22. The molecule has 0 bridgehead atoms. The minimum atomic E-state index is -3.71. The number of rotatable bonds is 9. The maximum Gasteiger partial charge on any atom is 0.338 e. The standard InChI is InChI=1S/C20H23NO8S/c1-21(2)30(24,25)15-8-6-7-13(9-15)20(23)29-12-16(22)14-10-17(26-3)19(28-5)18(11-14)27-4/h6-11H,12H2,1-5H3. The van der Waals surface area contributed by atoms with Gasteiger partial charge in [0.2, 0.25) is 21.6 Å². The van der Waals surface area contributed by atoms with Crippen LogP contribution in [0.25, 0.3) is 0 Å². The number of methoxy groups -OCH3 is 3. The van der Waals surface area contributed by atoms with Gasteiger partial charge in [0.15, 0.2) is 18.1 Å². The van der Waals surface area contributed by atoms with E-state index in [0.29, 0.717) is 5.75 Å². The van der Waals surface area contributed by atoms with Crippen LogP contribution >= 0.6 is 0 Å². The first kappa shape index (κ1) is 23.2. The predicted octanol–water partition coefficient (Wildman–Crippen LogP) is 2.00. The zero-order valence-electron chi connectivity index (χ0n) is 17.3. The molecule has 0 aliphatic carbocycles. The molecule has 10 heteroatoms. The summed E-state index contributed by atoms with van der Waals surface area (Å²) in [5, 5.41) is 0. The summed E-state index contributed by atoms with van der Waals surface area (Å²) in [5.74, 6) is -0.431. The number of ether oxygens (including phenoxy) is 4. The average Bonchev–Trinajstić information content (AvgIpc) is 2.75. The van der Waals surface area contributed by atoms with Gasteiger partial charge in [0.25, 0.3) is 0 Å². The van der Waals surface area contributed by atoms with Gasteiger partial charge in [-0.25, -0.2) is 17.5 Å². The van der Waals surface area contributed by atoms with E-state index in [1.807, 2.05) is 0 Å². The molecule has 2 rings (SSSR count). The first-order valence-corrected chi connectivity index (χ1v) is 10.1. The highest BCUT2D eigenvalue weighted by Crippen LogP contribution is 2.38. The number of nitrogens with zero attached hydrogens (tertiary/aromatic N) is 1. The van der Waals surface area contributed by atoms with E-state index in [1.54, 1.807) is 0 Å². The van der Waals surface area contributed by atoms with Crippen molar-refractivity contribution < 1.29 is 37.0 Å². The molecule has 0 amide bonds. The van der Waals surface area contributed by atoms with Crippen molar-refractivity contribution in [1.82, 2.24) is 4.31 Å². The molecule has 0 N–H and O–H groups in total. The first-order valence-electron chi connectivity index (χ1n) is 8.68. The van der Waals surface area contributed by atoms with E-state index in [4.69, 9.17) is 18.9 Å². The third-order valence-electron chi connectivity index (χ3n) is 4.17. The van der Waals surface area contributed by atoms with Gasteiger partial charge < -0.3 is 18.9 Å². The molecule has 0 aromatic heterocycles. The van der Waals surface area contributed by atoms with Crippen molar-refractivity contribution in [2.75, 3.05) is 42.0 Å². The lowest BCUT2D eigenvalue weighted by Gasteiger charge is -2.14. The maximum atomic E-state index is 12.5. The smallest absolute Gasteiger partial charge is 0.338 e. The topological polar surface area (TPSA) is 108 Å². The quantitative estimate of drug-likeness (QED) is 0.433. The molecule has 0 spiro atoms. The fourth-order valence-corrected chi connectivity index (χ4v) is 3.48. The number of hydrogen-bond acceptors (Lipinski definition) is 8. The Morgan fingerprint density at radius 2 is 1.50 bits per heavy atom. The van der Waals surface area contributed by atoms with Crippen LogP contribution in [0.3, 0.4) is 0 Å². The van der Waals surface area contributed by atoms with Gasteiger partial charge in [0.05, 0.1) is 31.8 Å². The number of ketones is 1. The summed E-state index contributed by atoms with van der Waals surface area (Å²) in [7, 11) is 3.33. The molecule has 2 aromatic carbocycles. The number of benzene rings is 2. The summed E-state index contributed by atoms with van der Waals surface area (Å²) < 4.78 is 46.1. The highest BCUT2D eigenvalue weighted by Gasteiger charge is 2.21. The molecule has 30 heavy (non-hydrogen) atoms. The van der Waals surface area contributed by atoms with Crippen molar-refractivity contribution >= 4 is 21.8 Å². The molecule has 0 radical (unpaired) electrons. The predicted molar refractivity (Wildman–Crippen MR) is 108 cm³/mol. The Kier molecular flexibility index (Phi) is 7.41. The molecular weight excluding hydrogens is 414 g/mol. The molecule has 0 fully saturated rings. The highest BCUT2D eigenvalue weighted by molar-refractivity contribution is 7.89. The molecular formula is C20H23NO8S. The van der Waals surface area contributed by atoms with Crippen LogP contribution in [0.1, 0.15) is 20.7 Å². The molecule has 2 aromatic rings. The minimum Gasteiger partial charge on any atom is -0.493 e.